The zero-order valence-electron chi connectivity index (χ0n) is 22.0. The number of hydrogen-bond donors (Lipinski definition) is 1. The van der Waals surface area contributed by atoms with Gasteiger partial charge in [0.15, 0.2) is 5.65 Å². The van der Waals surface area contributed by atoms with Crippen LogP contribution < -0.4 is 5.32 Å². The van der Waals surface area contributed by atoms with Crippen LogP contribution in [0, 0.1) is 6.92 Å². The van der Waals surface area contributed by atoms with Crippen molar-refractivity contribution < 1.29 is 18.0 Å². The molecule has 5 aromatic rings. The Balaban J connectivity index is 1.20. The molecule has 1 saturated heterocycles. The monoisotopic (exact) mass is 577 g/mol. The van der Waals surface area contributed by atoms with Crippen molar-refractivity contribution in [1.29, 1.82) is 0 Å². The largest absolute Gasteiger partial charge is 0.416 e. The number of alkyl halides is 3. The number of aryl methyl sites for hydroxylation is 1. The van der Waals surface area contributed by atoms with Gasteiger partial charge in [0, 0.05) is 42.4 Å². The minimum atomic E-state index is -4.37. The first kappa shape index (κ1) is 27.0. The maximum atomic E-state index is 13.3. The van der Waals surface area contributed by atoms with Crippen LogP contribution in [-0.2, 0) is 6.18 Å². The van der Waals surface area contributed by atoms with E-state index in [0.29, 0.717) is 35.0 Å². The number of amides is 1. The van der Waals surface area contributed by atoms with Crippen molar-refractivity contribution in [3.63, 3.8) is 0 Å². The molecule has 210 valence electrons. The number of anilines is 1. The Bertz CT molecular complexity index is 1690. The summed E-state index contributed by atoms with van der Waals surface area (Å²) in [7, 11) is 0. The molecule has 0 spiro atoms. The van der Waals surface area contributed by atoms with Crippen LogP contribution in [0.1, 0.15) is 45.9 Å². The van der Waals surface area contributed by atoms with Gasteiger partial charge in [0.1, 0.15) is 11.4 Å². The maximum Gasteiger partial charge on any atom is 0.416 e. The second kappa shape index (κ2) is 11.0. The summed E-state index contributed by atoms with van der Waals surface area (Å²) < 4.78 is 44.7. The summed E-state index contributed by atoms with van der Waals surface area (Å²) in [6.07, 6.45) is 2.02. The van der Waals surface area contributed by atoms with Crippen molar-refractivity contribution in [1.82, 2.24) is 28.7 Å². The Hall–Kier alpha value is -4.16. The third-order valence-corrected chi connectivity index (χ3v) is 8.13. The fourth-order valence-electron chi connectivity index (χ4n) is 4.86. The van der Waals surface area contributed by atoms with Gasteiger partial charge in [-0.15, -0.1) is 0 Å². The van der Waals surface area contributed by atoms with E-state index in [9.17, 15) is 18.0 Å². The summed E-state index contributed by atoms with van der Waals surface area (Å²) in [5.41, 5.74) is 2.93. The number of hydrogen-bond acceptors (Lipinski definition) is 6. The molecule has 12 heteroatoms. The SMILES string of the molecule is Cc1ccc(-n2nc(C3CCN(Sc4cccc(C(F)(F)F)c4)CC3)cc2NC(=O)c2cnn3cccnc23)cc1. The van der Waals surface area contributed by atoms with Gasteiger partial charge in [-0.3, -0.25) is 4.79 Å². The summed E-state index contributed by atoms with van der Waals surface area (Å²) in [5.74, 6) is 0.324. The Kier molecular flexibility index (Phi) is 7.26. The Morgan fingerprint density at radius 3 is 2.59 bits per heavy atom. The molecule has 0 unspecified atom stereocenters. The standard InChI is InChI=1S/C29H26F3N7OS/c1-19-6-8-22(9-7-19)39-26(35-28(40)24-18-34-38-13-3-12-33-27(24)38)17-25(36-39)20-10-14-37(15-11-20)41-23-5-2-4-21(16-23)29(30,31)32/h2-9,12-13,16-18,20H,10-11,14-15H2,1H3,(H,35,40). The number of halogens is 3. The number of aromatic nitrogens is 5. The topological polar surface area (TPSA) is 80.4 Å². The molecule has 1 fully saturated rings. The molecule has 0 bridgehead atoms. The lowest BCUT2D eigenvalue weighted by molar-refractivity contribution is -0.137. The summed E-state index contributed by atoms with van der Waals surface area (Å²) in [6, 6.07) is 16.9. The van der Waals surface area contributed by atoms with Crippen LogP contribution in [0.4, 0.5) is 19.0 Å². The fraction of sp³-hybridized carbons (Fsp3) is 0.241. The van der Waals surface area contributed by atoms with Gasteiger partial charge >= 0.3 is 6.18 Å². The van der Waals surface area contributed by atoms with E-state index in [4.69, 9.17) is 5.10 Å². The highest BCUT2D eigenvalue weighted by Gasteiger charge is 2.31. The molecule has 6 rings (SSSR count). The number of carbonyl (C=O) groups excluding carboxylic acids is 1. The molecule has 0 aliphatic carbocycles. The summed E-state index contributed by atoms with van der Waals surface area (Å²) in [6.45, 7) is 3.39. The molecular weight excluding hydrogens is 551 g/mol. The van der Waals surface area contributed by atoms with Gasteiger partial charge in [0.05, 0.1) is 23.1 Å². The number of fused-ring (bicyclic) bond motifs is 1. The quantitative estimate of drug-likeness (QED) is 0.236. The zero-order chi connectivity index (χ0) is 28.6. The Morgan fingerprint density at radius 1 is 1.05 bits per heavy atom. The van der Waals surface area contributed by atoms with Crippen molar-refractivity contribution in [2.45, 2.75) is 36.8 Å². The van der Waals surface area contributed by atoms with Crippen LogP contribution in [0.3, 0.4) is 0 Å². The lowest BCUT2D eigenvalue weighted by Gasteiger charge is -2.30. The van der Waals surface area contributed by atoms with Crippen molar-refractivity contribution >= 4 is 29.3 Å². The molecule has 0 saturated carbocycles. The van der Waals surface area contributed by atoms with Crippen LogP contribution in [-0.4, -0.2) is 47.7 Å². The van der Waals surface area contributed by atoms with E-state index in [1.165, 1.54) is 30.3 Å². The summed E-state index contributed by atoms with van der Waals surface area (Å²) in [5, 5.41) is 12.1. The molecule has 0 radical (unpaired) electrons. The van der Waals surface area contributed by atoms with E-state index >= 15 is 0 Å². The second-order valence-electron chi connectivity index (χ2n) is 9.92. The minimum Gasteiger partial charge on any atom is -0.306 e. The molecule has 1 aliphatic heterocycles. The molecular formula is C29H26F3N7OS. The van der Waals surface area contributed by atoms with Gasteiger partial charge in [-0.05, 0) is 68.1 Å². The first-order chi connectivity index (χ1) is 19.7. The zero-order valence-corrected chi connectivity index (χ0v) is 22.9. The Labute approximate surface area is 238 Å². The average molecular weight is 578 g/mol. The van der Waals surface area contributed by atoms with Crippen molar-refractivity contribution in [3.8, 4) is 5.69 Å². The lowest BCUT2D eigenvalue weighted by atomic mass is 9.95. The van der Waals surface area contributed by atoms with E-state index < -0.39 is 11.7 Å². The molecule has 1 N–H and O–H groups in total. The smallest absolute Gasteiger partial charge is 0.306 e. The summed E-state index contributed by atoms with van der Waals surface area (Å²) >= 11 is 1.34. The molecule has 3 aromatic heterocycles. The molecule has 2 aromatic carbocycles. The van der Waals surface area contributed by atoms with Crippen molar-refractivity contribution in [2.24, 2.45) is 0 Å². The van der Waals surface area contributed by atoms with Gasteiger partial charge in [-0.25, -0.2) is 18.5 Å². The maximum absolute atomic E-state index is 13.3. The first-order valence-electron chi connectivity index (χ1n) is 13.1. The fourth-order valence-corrected chi connectivity index (χ4v) is 5.87. The minimum absolute atomic E-state index is 0.134. The van der Waals surface area contributed by atoms with E-state index in [1.807, 2.05) is 37.3 Å². The predicted octanol–water partition coefficient (Wildman–Crippen LogP) is 6.38. The number of nitrogens with zero attached hydrogens (tertiary/aromatic N) is 6. The molecule has 4 heterocycles. The van der Waals surface area contributed by atoms with Gasteiger partial charge in [0.2, 0.25) is 0 Å². The van der Waals surface area contributed by atoms with E-state index in [-0.39, 0.29) is 11.8 Å². The second-order valence-corrected chi connectivity index (χ2v) is 11.1. The number of rotatable bonds is 6. The van der Waals surface area contributed by atoms with Crippen LogP contribution in [0.25, 0.3) is 11.3 Å². The number of nitrogens with one attached hydrogen (secondary N) is 1. The first-order valence-corrected chi connectivity index (χ1v) is 13.9. The van der Waals surface area contributed by atoms with Crippen LogP contribution in [0.5, 0.6) is 0 Å². The van der Waals surface area contributed by atoms with Crippen molar-refractivity contribution in [3.05, 3.63) is 102 Å². The van der Waals surface area contributed by atoms with Gasteiger partial charge < -0.3 is 5.32 Å². The van der Waals surface area contributed by atoms with Crippen LogP contribution in [0.2, 0.25) is 0 Å². The lowest BCUT2D eigenvalue weighted by Crippen LogP contribution is -2.27. The molecule has 0 atom stereocenters. The molecule has 1 aliphatic rings. The molecule has 41 heavy (non-hydrogen) atoms. The van der Waals surface area contributed by atoms with E-state index in [2.05, 4.69) is 19.7 Å². The average Bonchev–Trinajstić information content (AvgIpc) is 3.58. The normalized spacial score (nSPS) is 14.9. The molecule has 8 nitrogen and oxygen atoms in total. The highest BCUT2D eigenvalue weighted by molar-refractivity contribution is 7.97. The van der Waals surface area contributed by atoms with Gasteiger partial charge in [-0.1, -0.05) is 23.8 Å². The van der Waals surface area contributed by atoms with Crippen LogP contribution in [0.15, 0.2) is 84.1 Å². The Morgan fingerprint density at radius 2 is 1.83 bits per heavy atom. The third-order valence-electron chi connectivity index (χ3n) is 7.04. The van der Waals surface area contributed by atoms with Gasteiger partial charge in [0.25, 0.3) is 5.91 Å². The van der Waals surface area contributed by atoms with E-state index in [1.54, 1.807) is 33.7 Å². The highest BCUT2D eigenvalue weighted by atomic mass is 32.2. The van der Waals surface area contributed by atoms with Gasteiger partial charge in [-0.2, -0.15) is 23.4 Å². The third kappa shape index (κ3) is 5.84. The number of benzene rings is 2. The highest BCUT2D eigenvalue weighted by Crippen LogP contribution is 2.36. The number of carbonyl (C=O) groups is 1. The van der Waals surface area contributed by atoms with Crippen molar-refractivity contribution in [2.75, 3.05) is 18.4 Å². The predicted molar refractivity (Wildman–Crippen MR) is 150 cm³/mol. The molecule has 1 amide bonds. The number of piperidine rings is 1. The van der Waals surface area contributed by atoms with E-state index in [0.717, 1.165) is 35.9 Å². The van der Waals surface area contributed by atoms with Crippen LogP contribution >= 0.6 is 11.9 Å². The summed E-state index contributed by atoms with van der Waals surface area (Å²) in [4.78, 5) is 18.1.